The van der Waals surface area contributed by atoms with Crippen LogP contribution in [0.25, 0.3) is 0 Å². The van der Waals surface area contributed by atoms with Crippen molar-refractivity contribution in [1.82, 2.24) is 0 Å². The van der Waals surface area contributed by atoms with Gasteiger partial charge < -0.3 is 28.8 Å². The predicted octanol–water partition coefficient (Wildman–Crippen LogP) is 2.42. The van der Waals surface area contributed by atoms with Crippen LogP contribution < -0.4 is 0 Å². The second-order valence-electron chi connectivity index (χ2n) is 6.71. The first-order chi connectivity index (χ1) is 13.3. The van der Waals surface area contributed by atoms with Crippen LogP contribution in [-0.2, 0) is 30.3 Å². The Morgan fingerprint density at radius 1 is 1.00 bits per heavy atom. The van der Waals surface area contributed by atoms with Gasteiger partial charge in [0.15, 0.2) is 12.6 Å². The number of rotatable bonds is 5. The fraction of sp³-hybridized carbons (Fsp3) is 0.429. The molecule has 144 valence electrons. The lowest BCUT2D eigenvalue weighted by Crippen LogP contribution is -2.62. The van der Waals surface area contributed by atoms with Gasteiger partial charge in [0.25, 0.3) is 0 Å². The van der Waals surface area contributed by atoms with Crippen molar-refractivity contribution in [3.05, 3.63) is 71.8 Å². The number of fused-ring (bicyclic) bond motifs is 1. The Labute approximate surface area is 158 Å². The van der Waals surface area contributed by atoms with Crippen molar-refractivity contribution in [2.45, 2.75) is 43.6 Å². The first-order valence-corrected chi connectivity index (χ1v) is 9.10. The van der Waals surface area contributed by atoms with Crippen LogP contribution in [-0.4, -0.2) is 49.5 Å². The Morgan fingerprint density at radius 2 is 1.70 bits per heavy atom. The van der Waals surface area contributed by atoms with E-state index >= 15 is 0 Å². The molecule has 1 N–H and O–H groups in total. The summed E-state index contributed by atoms with van der Waals surface area (Å²) in [7, 11) is 1.50. The average Bonchev–Trinajstić information content (AvgIpc) is 2.74. The van der Waals surface area contributed by atoms with Crippen LogP contribution in [0.2, 0.25) is 0 Å². The molecule has 2 saturated heterocycles. The van der Waals surface area contributed by atoms with E-state index in [2.05, 4.69) is 0 Å². The predicted molar refractivity (Wildman–Crippen MR) is 96.7 cm³/mol. The van der Waals surface area contributed by atoms with Gasteiger partial charge in [0.2, 0.25) is 0 Å². The Hall–Kier alpha value is -1.80. The maximum atomic E-state index is 10.7. The van der Waals surface area contributed by atoms with E-state index in [0.29, 0.717) is 13.2 Å². The van der Waals surface area contributed by atoms with Crippen LogP contribution >= 0.6 is 0 Å². The number of ether oxygens (including phenoxy) is 5. The van der Waals surface area contributed by atoms with Gasteiger partial charge in [-0.05, 0) is 5.56 Å². The van der Waals surface area contributed by atoms with Gasteiger partial charge >= 0.3 is 0 Å². The summed E-state index contributed by atoms with van der Waals surface area (Å²) in [6.45, 7) is 0.699. The van der Waals surface area contributed by atoms with Crippen LogP contribution in [0.15, 0.2) is 60.7 Å². The highest BCUT2D eigenvalue weighted by molar-refractivity contribution is 5.17. The van der Waals surface area contributed by atoms with Gasteiger partial charge in [0.1, 0.15) is 24.4 Å². The first-order valence-electron chi connectivity index (χ1n) is 9.10. The molecule has 2 heterocycles. The molecular weight excluding hydrogens is 348 g/mol. The first kappa shape index (κ1) is 18.6. The molecule has 2 aliphatic rings. The summed E-state index contributed by atoms with van der Waals surface area (Å²) in [5.41, 5.74) is 1.94. The Bertz CT molecular complexity index is 709. The van der Waals surface area contributed by atoms with Gasteiger partial charge in [0, 0.05) is 12.7 Å². The van der Waals surface area contributed by atoms with Crippen LogP contribution in [0.1, 0.15) is 17.4 Å². The van der Waals surface area contributed by atoms with E-state index in [4.69, 9.17) is 23.7 Å². The van der Waals surface area contributed by atoms with Gasteiger partial charge in [0.05, 0.1) is 13.2 Å². The number of aliphatic hydroxyl groups is 1. The summed E-state index contributed by atoms with van der Waals surface area (Å²) in [6.07, 6.45) is -3.70. The van der Waals surface area contributed by atoms with E-state index in [1.807, 2.05) is 60.7 Å². The van der Waals surface area contributed by atoms with Crippen LogP contribution in [0.3, 0.4) is 0 Å². The van der Waals surface area contributed by atoms with Gasteiger partial charge in [-0.15, -0.1) is 0 Å². The highest BCUT2D eigenvalue weighted by atomic mass is 16.8. The molecule has 0 spiro atoms. The van der Waals surface area contributed by atoms with Crippen molar-refractivity contribution >= 4 is 0 Å². The lowest BCUT2D eigenvalue weighted by Gasteiger charge is -2.47. The quantitative estimate of drug-likeness (QED) is 0.870. The molecule has 2 aromatic carbocycles. The summed E-state index contributed by atoms with van der Waals surface area (Å²) >= 11 is 0. The molecular formula is C21H24O6. The van der Waals surface area contributed by atoms with E-state index in [-0.39, 0.29) is 6.10 Å². The van der Waals surface area contributed by atoms with E-state index in [0.717, 1.165) is 11.1 Å². The van der Waals surface area contributed by atoms with Crippen LogP contribution in [0, 0.1) is 0 Å². The van der Waals surface area contributed by atoms with Crippen LogP contribution in [0.5, 0.6) is 0 Å². The molecule has 2 aliphatic heterocycles. The smallest absolute Gasteiger partial charge is 0.186 e. The molecule has 0 radical (unpaired) electrons. The third-order valence-electron chi connectivity index (χ3n) is 4.90. The topological polar surface area (TPSA) is 66.4 Å². The fourth-order valence-corrected chi connectivity index (χ4v) is 3.49. The molecule has 6 heteroatoms. The van der Waals surface area contributed by atoms with Gasteiger partial charge in [-0.1, -0.05) is 60.7 Å². The van der Waals surface area contributed by atoms with Crippen LogP contribution in [0.4, 0.5) is 0 Å². The van der Waals surface area contributed by atoms with E-state index in [1.54, 1.807) is 0 Å². The second-order valence-corrected chi connectivity index (χ2v) is 6.71. The van der Waals surface area contributed by atoms with Crippen molar-refractivity contribution < 1.29 is 28.8 Å². The molecule has 0 amide bonds. The third-order valence-corrected chi connectivity index (χ3v) is 4.90. The maximum Gasteiger partial charge on any atom is 0.186 e. The average molecular weight is 372 g/mol. The number of hydrogen-bond donors (Lipinski definition) is 1. The van der Waals surface area contributed by atoms with Crippen molar-refractivity contribution in [3.63, 3.8) is 0 Å². The third kappa shape index (κ3) is 4.06. The van der Waals surface area contributed by atoms with Crippen molar-refractivity contribution in [1.29, 1.82) is 0 Å². The zero-order valence-corrected chi connectivity index (χ0v) is 15.1. The molecule has 2 fully saturated rings. The second kappa shape index (κ2) is 8.48. The minimum Gasteiger partial charge on any atom is -0.385 e. The number of aliphatic hydroxyl groups excluding tert-OH is 1. The molecule has 0 bridgehead atoms. The highest BCUT2D eigenvalue weighted by Gasteiger charge is 2.50. The van der Waals surface area contributed by atoms with Gasteiger partial charge in [-0.25, -0.2) is 0 Å². The minimum atomic E-state index is -0.963. The van der Waals surface area contributed by atoms with E-state index in [1.165, 1.54) is 7.11 Å². The van der Waals surface area contributed by atoms with Crippen molar-refractivity contribution in [2.24, 2.45) is 0 Å². The highest BCUT2D eigenvalue weighted by Crippen LogP contribution is 2.35. The monoisotopic (exact) mass is 372 g/mol. The molecule has 6 nitrogen and oxygen atoms in total. The van der Waals surface area contributed by atoms with Crippen molar-refractivity contribution in [3.8, 4) is 0 Å². The van der Waals surface area contributed by atoms with E-state index in [9.17, 15) is 5.11 Å². The molecule has 0 aliphatic carbocycles. The Balaban J connectivity index is 1.51. The summed E-state index contributed by atoms with van der Waals surface area (Å²) in [4.78, 5) is 0. The van der Waals surface area contributed by atoms with Gasteiger partial charge in [-0.3, -0.25) is 0 Å². The molecule has 0 unspecified atom stereocenters. The largest absolute Gasteiger partial charge is 0.385 e. The Morgan fingerprint density at radius 3 is 2.41 bits per heavy atom. The fourth-order valence-electron chi connectivity index (χ4n) is 3.49. The molecule has 27 heavy (non-hydrogen) atoms. The molecule has 0 aromatic heterocycles. The molecule has 0 saturated carbocycles. The maximum absolute atomic E-state index is 10.7. The lowest BCUT2D eigenvalue weighted by atomic mass is 9.97. The standard InChI is InChI=1S/C21H24O6/c1-23-21-17(22)19(24-12-14-8-4-2-5-9-14)18-16(26-21)13-25-20(27-18)15-10-6-3-7-11-15/h2-11,16-22H,12-13H2,1H3/t16-,17+,18-,19-,20-,21-/m1/s1. The molecule has 2 aromatic rings. The Kier molecular flexibility index (Phi) is 5.83. The normalized spacial score (nSPS) is 33.4. The zero-order valence-electron chi connectivity index (χ0n) is 15.1. The SMILES string of the molecule is CO[C@@H]1O[C@@H]2CO[C@@H](c3ccccc3)O[C@H]2[C@H](OCc2ccccc2)[C@@H]1O. The summed E-state index contributed by atoms with van der Waals surface area (Å²) in [5, 5.41) is 10.7. The summed E-state index contributed by atoms with van der Waals surface area (Å²) in [5.74, 6) is 0. The molecule has 6 atom stereocenters. The summed E-state index contributed by atoms with van der Waals surface area (Å²) in [6, 6.07) is 19.5. The minimum absolute atomic E-state index is 0.335. The van der Waals surface area contributed by atoms with Crippen molar-refractivity contribution in [2.75, 3.05) is 13.7 Å². The lowest BCUT2D eigenvalue weighted by molar-refractivity contribution is -0.363. The zero-order chi connectivity index (χ0) is 18.6. The molecule has 4 rings (SSSR count). The number of benzene rings is 2. The number of hydrogen-bond acceptors (Lipinski definition) is 6. The van der Waals surface area contributed by atoms with E-state index < -0.39 is 30.9 Å². The summed E-state index contributed by atoms with van der Waals surface area (Å²) < 4.78 is 29.2. The number of methoxy groups -OCH3 is 1. The van der Waals surface area contributed by atoms with Gasteiger partial charge in [-0.2, -0.15) is 0 Å².